The van der Waals surface area contributed by atoms with Crippen LogP contribution in [0.3, 0.4) is 0 Å². The number of sulfonamides is 1. The molecule has 1 aromatic carbocycles. The van der Waals surface area contributed by atoms with Crippen molar-refractivity contribution in [2.45, 2.75) is 31.6 Å². The molecule has 0 aliphatic carbocycles. The van der Waals surface area contributed by atoms with Gasteiger partial charge in [-0.05, 0) is 43.2 Å². The number of anilines is 2. The van der Waals surface area contributed by atoms with Crippen LogP contribution in [0.4, 0.5) is 15.8 Å². The number of pyridine rings is 1. The molecule has 2 aromatic rings. The molecular formula is C20H25FN4O3S. The van der Waals surface area contributed by atoms with E-state index < -0.39 is 21.9 Å². The van der Waals surface area contributed by atoms with Crippen molar-refractivity contribution in [3.8, 4) is 0 Å². The van der Waals surface area contributed by atoms with Crippen molar-refractivity contribution < 1.29 is 17.6 Å². The molecule has 0 unspecified atom stereocenters. The molecule has 0 saturated carbocycles. The Morgan fingerprint density at radius 1 is 1.17 bits per heavy atom. The van der Waals surface area contributed by atoms with Crippen LogP contribution in [-0.4, -0.2) is 49.8 Å². The number of carbonyl (C=O) groups is 1. The second-order valence-corrected chi connectivity index (χ2v) is 8.72. The fraction of sp³-hybridized carbons (Fsp3) is 0.400. The third kappa shape index (κ3) is 4.56. The third-order valence-electron chi connectivity index (χ3n) is 5.00. The monoisotopic (exact) mass is 420 g/mol. The van der Waals surface area contributed by atoms with Crippen LogP contribution in [0.2, 0.25) is 0 Å². The first-order valence-electron chi connectivity index (χ1n) is 9.69. The largest absolute Gasteiger partial charge is 0.370 e. The summed E-state index contributed by atoms with van der Waals surface area (Å²) in [7, 11) is -3.67. The molecule has 0 atom stereocenters. The van der Waals surface area contributed by atoms with E-state index >= 15 is 0 Å². The number of hydrogen-bond donors (Lipinski definition) is 1. The second kappa shape index (κ2) is 8.87. The van der Waals surface area contributed by atoms with Gasteiger partial charge in [-0.15, -0.1) is 0 Å². The molecule has 7 nitrogen and oxygen atoms in total. The number of halogens is 1. The Morgan fingerprint density at radius 3 is 2.45 bits per heavy atom. The van der Waals surface area contributed by atoms with Crippen molar-refractivity contribution in [3.63, 3.8) is 0 Å². The highest BCUT2D eigenvalue weighted by atomic mass is 32.2. The molecule has 1 fully saturated rings. The lowest BCUT2D eigenvalue weighted by molar-refractivity contribution is 0.102. The first-order chi connectivity index (χ1) is 13.9. The maximum Gasteiger partial charge on any atom is 0.257 e. The molecule has 1 N–H and O–H groups in total. The standard InChI is InChI=1S/C20H25FN4O3S/c1-3-25(4-2)29(27,28)16-8-9-18(24-11-5-6-12-24)17(13-16)23-20(26)15-7-10-19(21)22-14-15/h7-10,13-14H,3-6,11-12H2,1-2H3,(H,23,26). The number of nitrogens with zero attached hydrogens (tertiary/aromatic N) is 3. The third-order valence-corrected chi connectivity index (χ3v) is 7.04. The molecule has 0 bridgehead atoms. The van der Waals surface area contributed by atoms with E-state index in [-0.39, 0.29) is 10.5 Å². The summed E-state index contributed by atoms with van der Waals surface area (Å²) in [6.45, 7) is 5.95. The molecule has 1 amide bonds. The molecule has 9 heteroatoms. The summed E-state index contributed by atoms with van der Waals surface area (Å²) < 4.78 is 40.3. The lowest BCUT2D eigenvalue weighted by Gasteiger charge is -2.24. The Bertz CT molecular complexity index is 970. The van der Waals surface area contributed by atoms with Gasteiger partial charge in [0, 0.05) is 32.4 Å². The lowest BCUT2D eigenvalue weighted by Crippen LogP contribution is -2.31. The number of benzene rings is 1. The second-order valence-electron chi connectivity index (χ2n) is 6.79. The molecule has 0 spiro atoms. The van der Waals surface area contributed by atoms with Gasteiger partial charge in [-0.3, -0.25) is 4.79 Å². The van der Waals surface area contributed by atoms with Gasteiger partial charge >= 0.3 is 0 Å². The number of aromatic nitrogens is 1. The summed E-state index contributed by atoms with van der Waals surface area (Å²) in [5.41, 5.74) is 1.37. The molecule has 0 radical (unpaired) electrons. The van der Waals surface area contributed by atoms with Crippen molar-refractivity contribution in [1.82, 2.24) is 9.29 Å². The molecule has 1 aromatic heterocycles. The summed E-state index contributed by atoms with van der Waals surface area (Å²) in [6, 6.07) is 7.26. The smallest absolute Gasteiger partial charge is 0.257 e. The van der Waals surface area contributed by atoms with Crippen molar-refractivity contribution in [3.05, 3.63) is 48.0 Å². The van der Waals surface area contributed by atoms with Gasteiger partial charge in [-0.1, -0.05) is 13.8 Å². The molecule has 1 saturated heterocycles. The minimum absolute atomic E-state index is 0.122. The van der Waals surface area contributed by atoms with Gasteiger partial charge in [0.2, 0.25) is 16.0 Å². The molecule has 3 rings (SSSR count). The van der Waals surface area contributed by atoms with Crippen molar-refractivity contribution >= 4 is 27.3 Å². The van der Waals surface area contributed by atoms with Crippen LogP contribution < -0.4 is 10.2 Å². The molecule has 156 valence electrons. The minimum atomic E-state index is -3.67. The first-order valence-corrected chi connectivity index (χ1v) is 11.1. The lowest BCUT2D eigenvalue weighted by atomic mass is 10.2. The van der Waals surface area contributed by atoms with E-state index in [0.717, 1.165) is 43.9 Å². The van der Waals surface area contributed by atoms with E-state index in [1.807, 2.05) is 0 Å². The molecular weight excluding hydrogens is 395 g/mol. The zero-order chi connectivity index (χ0) is 21.0. The van der Waals surface area contributed by atoms with Crippen molar-refractivity contribution in [2.24, 2.45) is 0 Å². The normalized spacial score (nSPS) is 14.4. The van der Waals surface area contributed by atoms with Crippen LogP contribution in [0.25, 0.3) is 0 Å². The molecule has 1 aliphatic rings. The van der Waals surface area contributed by atoms with Gasteiger partial charge < -0.3 is 10.2 Å². The van der Waals surface area contributed by atoms with Crippen LogP contribution in [-0.2, 0) is 10.0 Å². The highest BCUT2D eigenvalue weighted by Crippen LogP contribution is 2.32. The highest BCUT2D eigenvalue weighted by molar-refractivity contribution is 7.89. The van der Waals surface area contributed by atoms with Crippen LogP contribution in [0.5, 0.6) is 0 Å². The summed E-state index contributed by atoms with van der Waals surface area (Å²) in [4.78, 5) is 18.4. The number of hydrogen-bond acceptors (Lipinski definition) is 5. The molecule has 1 aliphatic heterocycles. The SMILES string of the molecule is CCN(CC)S(=O)(=O)c1ccc(N2CCCC2)c(NC(=O)c2ccc(F)nc2)c1. The zero-order valence-corrected chi connectivity index (χ0v) is 17.4. The summed E-state index contributed by atoms with van der Waals surface area (Å²) in [6.07, 6.45) is 3.22. The van der Waals surface area contributed by atoms with Crippen LogP contribution in [0, 0.1) is 5.95 Å². The Labute approximate surface area is 170 Å². The minimum Gasteiger partial charge on any atom is -0.370 e. The van der Waals surface area contributed by atoms with Gasteiger partial charge in [0.15, 0.2) is 0 Å². The predicted octanol–water partition coefficient (Wildman–Crippen LogP) is 3.10. The zero-order valence-electron chi connectivity index (χ0n) is 16.6. The Balaban J connectivity index is 1.99. The first kappa shape index (κ1) is 21.2. The van der Waals surface area contributed by atoms with Crippen molar-refractivity contribution in [1.29, 1.82) is 0 Å². The Hall–Kier alpha value is -2.52. The summed E-state index contributed by atoms with van der Waals surface area (Å²) in [5, 5.41) is 2.78. The van der Waals surface area contributed by atoms with E-state index in [9.17, 15) is 17.6 Å². The average Bonchev–Trinajstić information content (AvgIpc) is 3.23. The number of nitrogens with one attached hydrogen (secondary N) is 1. The van der Waals surface area contributed by atoms with E-state index in [0.29, 0.717) is 18.8 Å². The quantitative estimate of drug-likeness (QED) is 0.696. The Morgan fingerprint density at radius 2 is 1.86 bits per heavy atom. The van der Waals surface area contributed by atoms with Gasteiger partial charge in [0.05, 0.1) is 21.8 Å². The summed E-state index contributed by atoms with van der Waals surface area (Å²) >= 11 is 0. The van der Waals surface area contributed by atoms with E-state index in [1.54, 1.807) is 26.0 Å². The number of amides is 1. The van der Waals surface area contributed by atoms with Gasteiger partial charge in [-0.25, -0.2) is 13.4 Å². The van der Waals surface area contributed by atoms with Gasteiger partial charge in [-0.2, -0.15) is 8.70 Å². The summed E-state index contributed by atoms with van der Waals surface area (Å²) in [5.74, 6) is -1.15. The number of carbonyl (C=O) groups excluding carboxylic acids is 1. The van der Waals surface area contributed by atoms with Gasteiger partial charge in [0.25, 0.3) is 5.91 Å². The van der Waals surface area contributed by atoms with Crippen LogP contribution in [0.15, 0.2) is 41.4 Å². The van der Waals surface area contributed by atoms with Crippen LogP contribution in [0.1, 0.15) is 37.0 Å². The predicted molar refractivity (Wildman–Crippen MR) is 110 cm³/mol. The highest BCUT2D eigenvalue weighted by Gasteiger charge is 2.25. The van der Waals surface area contributed by atoms with Crippen molar-refractivity contribution in [2.75, 3.05) is 36.4 Å². The topological polar surface area (TPSA) is 82.6 Å². The van der Waals surface area contributed by atoms with E-state index in [2.05, 4.69) is 15.2 Å². The average molecular weight is 421 g/mol. The van der Waals surface area contributed by atoms with E-state index in [1.165, 1.54) is 16.4 Å². The number of rotatable bonds is 7. The maximum absolute atomic E-state index is 13.1. The molecule has 2 heterocycles. The van der Waals surface area contributed by atoms with Gasteiger partial charge in [0.1, 0.15) is 0 Å². The molecule has 29 heavy (non-hydrogen) atoms. The maximum atomic E-state index is 13.1. The fourth-order valence-electron chi connectivity index (χ4n) is 3.43. The van der Waals surface area contributed by atoms with Crippen LogP contribution >= 0.6 is 0 Å². The van der Waals surface area contributed by atoms with E-state index in [4.69, 9.17) is 0 Å². The Kier molecular flexibility index (Phi) is 6.49. The fourth-order valence-corrected chi connectivity index (χ4v) is 4.91.